The molecule has 3 amide bonds. The van der Waals surface area contributed by atoms with Crippen molar-refractivity contribution in [1.82, 2.24) is 0 Å². The van der Waals surface area contributed by atoms with Crippen molar-refractivity contribution < 1.29 is 32.7 Å². The van der Waals surface area contributed by atoms with Crippen LogP contribution in [0, 0.1) is 0 Å². The third-order valence-electron chi connectivity index (χ3n) is 6.16. The van der Waals surface area contributed by atoms with E-state index in [2.05, 4.69) is 5.32 Å². The molecule has 0 saturated heterocycles. The van der Waals surface area contributed by atoms with Crippen molar-refractivity contribution in [1.29, 1.82) is 0 Å². The van der Waals surface area contributed by atoms with Crippen LogP contribution in [0.2, 0.25) is 10.0 Å². The Balaban J connectivity index is 1.36. The number of carboxylic acid groups (broad SMARTS) is 1. The van der Waals surface area contributed by atoms with E-state index in [1.54, 1.807) is 6.07 Å². The van der Waals surface area contributed by atoms with Crippen LogP contribution in [0.1, 0.15) is 41.4 Å². The number of amides is 3. The molecule has 0 unspecified atom stereocenters. The number of nitrogens with zero attached hydrogens (tertiary/aromatic N) is 1. The van der Waals surface area contributed by atoms with Gasteiger partial charge in [0.1, 0.15) is 0 Å². The maximum Gasteiger partial charge on any atom is 0.336 e. The predicted molar refractivity (Wildman–Crippen MR) is 147 cm³/mol. The summed E-state index contributed by atoms with van der Waals surface area (Å²) in [6.07, 6.45) is 0. The van der Waals surface area contributed by atoms with Crippen LogP contribution >= 0.6 is 23.2 Å². The summed E-state index contributed by atoms with van der Waals surface area (Å²) in [5.41, 5.74) is 0.132. The summed E-state index contributed by atoms with van der Waals surface area (Å²) in [6, 6.07) is 19.1. The largest absolute Gasteiger partial charge is 0.478 e. The highest BCUT2D eigenvalue weighted by molar-refractivity contribution is 7.91. The number of rotatable bonds is 6. The van der Waals surface area contributed by atoms with E-state index < -0.39 is 33.5 Å². The van der Waals surface area contributed by atoms with Crippen molar-refractivity contribution in [2.75, 3.05) is 10.2 Å². The van der Waals surface area contributed by atoms with Crippen LogP contribution in [0.3, 0.4) is 0 Å². The van der Waals surface area contributed by atoms with Crippen LogP contribution < -0.4 is 10.2 Å². The van der Waals surface area contributed by atoms with Gasteiger partial charge in [-0.2, -0.15) is 0 Å². The minimum absolute atomic E-state index is 0.0515. The van der Waals surface area contributed by atoms with Crippen LogP contribution in [0.25, 0.3) is 0 Å². The molecule has 40 heavy (non-hydrogen) atoms. The second-order valence-electron chi connectivity index (χ2n) is 8.55. The lowest BCUT2D eigenvalue weighted by Gasteiger charge is -2.14. The average Bonchev–Trinajstić information content (AvgIpc) is 3.19. The minimum Gasteiger partial charge on any atom is -0.478 e. The van der Waals surface area contributed by atoms with Crippen molar-refractivity contribution in [3.05, 3.63) is 117 Å². The normalized spacial score (nSPS) is 12.8. The quantitative estimate of drug-likeness (QED) is 0.278. The van der Waals surface area contributed by atoms with Gasteiger partial charge in [0.05, 0.1) is 47.8 Å². The lowest BCUT2D eigenvalue weighted by molar-refractivity contribution is 0.0692. The van der Waals surface area contributed by atoms with Gasteiger partial charge in [-0.1, -0.05) is 35.3 Å². The summed E-state index contributed by atoms with van der Waals surface area (Å²) < 4.78 is 26.4. The number of imide groups is 1. The third kappa shape index (κ3) is 4.62. The molecule has 0 spiro atoms. The first-order valence-corrected chi connectivity index (χ1v) is 13.7. The Morgan fingerprint density at radius 2 is 1.32 bits per heavy atom. The van der Waals surface area contributed by atoms with Crippen LogP contribution in [-0.4, -0.2) is 37.2 Å². The number of sulfone groups is 1. The number of benzene rings is 4. The molecule has 9 nitrogen and oxygen atoms in total. The van der Waals surface area contributed by atoms with Gasteiger partial charge in [-0.15, -0.1) is 0 Å². The van der Waals surface area contributed by atoms with Crippen molar-refractivity contribution in [3.63, 3.8) is 0 Å². The molecule has 1 aliphatic heterocycles. The van der Waals surface area contributed by atoms with E-state index in [0.717, 1.165) is 4.90 Å². The molecule has 5 rings (SSSR count). The molecule has 0 aromatic heterocycles. The number of hydrogen-bond donors (Lipinski definition) is 2. The molecule has 12 heteroatoms. The van der Waals surface area contributed by atoms with E-state index in [1.165, 1.54) is 78.9 Å². The molecule has 1 heterocycles. The lowest BCUT2D eigenvalue weighted by atomic mass is 10.1. The van der Waals surface area contributed by atoms with Crippen LogP contribution in [0.15, 0.2) is 94.7 Å². The Bertz CT molecular complexity index is 1840. The molecule has 4 aromatic rings. The standard InChI is InChI=1S/C28H16Cl2N2O7S/c29-21-5-2-4-20(28(36)37)23(21)25(33)31-15-7-11-17(12-8-15)40(38,39)18-13-9-16(10-14-18)32-26(34)19-3-1-6-22(30)24(19)27(32)35/h1-14H,(H,31,33)(H,36,37). The summed E-state index contributed by atoms with van der Waals surface area (Å²) >= 11 is 12.1. The number of hydrogen-bond acceptors (Lipinski definition) is 6. The molecular weight excluding hydrogens is 579 g/mol. The maximum atomic E-state index is 13.2. The molecule has 1 aliphatic rings. The first-order chi connectivity index (χ1) is 19.0. The topological polar surface area (TPSA) is 138 Å². The first kappa shape index (κ1) is 27.1. The predicted octanol–water partition coefficient (Wildman–Crippen LogP) is 5.58. The number of carbonyl (C=O) groups excluding carboxylic acids is 3. The minimum atomic E-state index is -4.01. The van der Waals surface area contributed by atoms with Gasteiger partial charge in [-0.3, -0.25) is 14.4 Å². The number of anilines is 2. The van der Waals surface area contributed by atoms with Crippen molar-refractivity contribution >= 4 is 68.1 Å². The highest BCUT2D eigenvalue weighted by Crippen LogP contribution is 2.33. The summed E-state index contributed by atoms with van der Waals surface area (Å²) in [4.78, 5) is 50.6. The Kier molecular flexibility index (Phi) is 6.92. The van der Waals surface area contributed by atoms with Gasteiger partial charge < -0.3 is 10.4 Å². The molecule has 0 aliphatic carbocycles. The van der Waals surface area contributed by atoms with Gasteiger partial charge in [0.15, 0.2) is 0 Å². The zero-order valence-electron chi connectivity index (χ0n) is 20.1. The number of fused-ring (bicyclic) bond motifs is 1. The van der Waals surface area contributed by atoms with Gasteiger partial charge in [0.25, 0.3) is 17.7 Å². The van der Waals surface area contributed by atoms with Gasteiger partial charge >= 0.3 is 5.97 Å². The Hall–Kier alpha value is -4.51. The Labute approximate surface area is 237 Å². The van der Waals surface area contributed by atoms with Crippen LogP contribution in [-0.2, 0) is 9.84 Å². The maximum absolute atomic E-state index is 13.2. The molecular formula is C28H16Cl2N2O7S. The van der Waals surface area contributed by atoms with E-state index in [0.29, 0.717) is 0 Å². The second kappa shape index (κ2) is 10.2. The van der Waals surface area contributed by atoms with Gasteiger partial charge in [0.2, 0.25) is 9.84 Å². The zero-order chi connectivity index (χ0) is 28.8. The molecule has 0 atom stereocenters. The molecule has 0 saturated carbocycles. The summed E-state index contributed by atoms with van der Waals surface area (Å²) in [6.45, 7) is 0. The monoisotopic (exact) mass is 594 g/mol. The number of nitrogens with one attached hydrogen (secondary N) is 1. The van der Waals surface area contributed by atoms with Crippen molar-refractivity contribution in [3.8, 4) is 0 Å². The zero-order valence-corrected chi connectivity index (χ0v) is 22.4. The van der Waals surface area contributed by atoms with Crippen molar-refractivity contribution in [2.24, 2.45) is 0 Å². The van der Waals surface area contributed by atoms with E-state index in [4.69, 9.17) is 23.2 Å². The highest BCUT2D eigenvalue weighted by Gasteiger charge is 2.38. The van der Waals surface area contributed by atoms with E-state index in [-0.39, 0.29) is 53.5 Å². The summed E-state index contributed by atoms with van der Waals surface area (Å²) in [7, 11) is -4.01. The number of aromatic carboxylic acids is 1. The van der Waals surface area contributed by atoms with E-state index in [1.807, 2.05) is 0 Å². The fraction of sp³-hybridized carbons (Fsp3) is 0. The van der Waals surface area contributed by atoms with Crippen LogP contribution in [0.5, 0.6) is 0 Å². The number of carboxylic acids is 1. The van der Waals surface area contributed by atoms with Gasteiger partial charge in [-0.25, -0.2) is 18.1 Å². The molecule has 200 valence electrons. The van der Waals surface area contributed by atoms with Crippen molar-refractivity contribution in [2.45, 2.75) is 9.79 Å². The SMILES string of the molecule is O=C(O)c1cccc(Cl)c1C(=O)Nc1ccc(S(=O)(=O)c2ccc(N3C(=O)c4cccc(Cl)c4C3=O)cc2)cc1. The Morgan fingerprint density at radius 1 is 0.750 bits per heavy atom. The molecule has 0 bridgehead atoms. The Morgan fingerprint density at radius 3 is 1.93 bits per heavy atom. The lowest BCUT2D eigenvalue weighted by Crippen LogP contribution is -2.29. The van der Waals surface area contributed by atoms with Gasteiger partial charge in [0, 0.05) is 5.69 Å². The molecule has 0 fully saturated rings. The first-order valence-electron chi connectivity index (χ1n) is 11.5. The fourth-order valence-electron chi connectivity index (χ4n) is 4.23. The second-order valence-corrected chi connectivity index (χ2v) is 11.3. The summed E-state index contributed by atoms with van der Waals surface area (Å²) in [5, 5.41) is 12.0. The van der Waals surface area contributed by atoms with E-state index >= 15 is 0 Å². The van der Waals surface area contributed by atoms with E-state index in [9.17, 15) is 32.7 Å². The number of carbonyl (C=O) groups is 4. The molecule has 4 aromatic carbocycles. The number of halogens is 2. The highest BCUT2D eigenvalue weighted by atomic mass is 35.5. The summed E-state index contributed by atoms with van der Waals surface area (Å²) in [5.74, 6) is -3.27. The van der Waals surface area contributed by atoms with Gasteiger partial charge in [-0.05, 0) is 72.8 Å². The average molecular weight is 595 g/mol. The smallest absolute Gasteiger partial charge is 0.336 e. The fourth-order valence-corrected chi connectivity index (χ4v) is 6.01. The van der Waals surface area contributed by atoms with Crippen LogP contribution in [0.4, 0.5) is 11.4 Å². The third-order valence-corrected chi connectivity index (χ3v) is 8.58. The molecule has 2 N–H and O–H groups in total. The molecule has 0 radical (unpaired) electrons.